The number of rotatable bonds is 3. The van der Waals surface area contributed by atoms with E-state index in [0.717, 1.165) is 5.56 Å². The van der Waals surface area contributed by atoms with E-state index < -0.39 is 5.54 Å². The lowest BCUT2D eigenvalue weighted by Crippen LogP contribution is -2.56. The van der Waals surface area contributed by atoms with Crippen LogP contribution < -0.4 is 11.1 Å². The topological polar surface area (TPSA) is 64.4 Å². The molecule has 0 unspecified atom stereocenters. The second-order valence-corrected chi connectivity index (χ2v) is 4.86. The molecule has 0 saturated carbocycles. The summed E-state index contributed by atoms with van der Waals surface area (Å²) in [4.78, 5) is 11.9. The highest BCUT2D eigenvalue weighted by Crippen LogP contribution is 2.18. The van der Waals surface area contributed by atoms with Gasteiger partial charge < -0.3 is 15.8 Å². The molecule has 2 rings (SSSR count). The van der Waals surface area contributed by atoms with Gasteiger partial charge in [-0.05, 0) is 35.2 Å². The molecule has 0 bridgehead atoms. The zero-order valence-corrected chi connectivity index (χ0v) is 9.89. The van der Waals surface area contributed by atoms with Crippen LogP contribution in [0.15, 0.2) is 16.8 Å². The average molecular weight is 240 g/mol. The van der Waals surface area contributed by atoms with Gasteiger partial charge in [0, 0.05) is 19.8 Å². The minimum atomic E-state index is -0.742. The van der Waals surface area contributed by atoms with Crippen molar-refractivity contribution in [2.75, 3.05) is 13.2 Å². The first-order chi connectivity index (χ1) is 7.71. The highest BCUT2D eigenvalue weighted by Gasteiger charge is 2.35. The quantitative estimate of drug-likeness (QED) is 0.824. The molecule has 1 aromatic rings. The standard InChI is InChI=1S/C11H16N2O2S/c12-11(2-4-15-5-3-11)10(14)13-7-9-1-6-16-8-9/h1,6,8H,2-5,7,12H2,(H,13,14). The van der Waals surface area contributed by atoms with Crippen molar-refractivity contribution < 1.29 is 9.53 Å². The fourth-order valence-corrected chi connectivity index (χ4v) is 2.38. The molecular weight excluding hydrogens is 224 g/mol. The fourth-order valence-electron chi connectivity index (χ4n) is 1.71. The number of hydrogen-bond acceptors (Lipinski definition) is 4. The molecule has 3 N–H and O–H groups in total. The molecule has 0 aliphatic carbocycles. The molecule has 1 aromatic heterocycles. The van der Waals surface area contributed by atoms with Crippen molar-refractivity contribution in [3.05, 3.63) is 22.4 Å². The molecule has 88 valence electrons. The Hall–Kier alpha value is -0.910. The highest BCUT2D eigenvalue weighted by atomic mass is 32.1. The van der Waals surface area contributed by atoms with Gasteiger partial charge in [-0.3, -0.25) is 4.79 Å². The van der Waals surface area contributed by atoms with Crippen LogP contribution in [0.3, 0.4) is 0 Å². The number of ether oxygens (including phenoxy) is 1. The van der Waals surface area contributed by atoms with Crippen molar-refractivity contribution in [2.24, 2.45) is 5.73 Å². The van der Waals surface area contributed by atoms with E-state index in [1.807, 2.05) is 16.8 Å². The third-order valence-electron chi connectivity index (χ3n) is 2.87. The van der Waals surface area contributed by atoms with Gasteiger partial charge in [0.1, 0.15) is 0 Å². The number of nitrogens with one attached hydrogen (secondary N) is 1. The lowest BCUT2D eigenvalue weighted by atomic mass is 9.90. The molecule has 0 atom stereocenters. The van der Waals surface area contributed by atoms with E-state index in [0.29, 0.717) is 32.6 Å². The number of amides is 1. The molecule has 1 aliphatic heterocycles. The molecular formula is C11H16N2O2S. The van der Waals surface area contributed by atoms with Gasteiger partial charge in [-0.1, -0.05) is 0 Å². The first-order valence-electron chi connectivity index (χ1n) is 5.37. The fraction of sp³-hybridized carbons (Fsp3) is 0.545. The van der Waals surface area contributed by atoms with Crippen LogP contribution in [0, 0.1) is 0 Å². The minimum Gasteiger partial charge on any atom is -0.381 e. The summed E-state index contributed by atoms with van der Waals surface area (Å²) in [6, 6.07) is 2.00. The van der Waals surface area contributed by atoms with Crippen molar-refractivity contribution >= 4 is 17.2 Å². The van der Waals surface area contributed by atoms with Crippen LogP contribution in [0.1, 0.15) is 18.4 Å². The summed E-state index contributed by atoms with van der Waals surface area (Å²) < 4.78 is 5.21. The Bertz CT molecular complexity index is 345. The van der Waals surface area contributed by atoms with Crippen LogP contribution in [0.5, 0.6) is 0 Å². The van der Waals surface area contributed by atoms with Crippen LogP contribution in [0.25, 0.3) is 0 Å². The Morgan fingerprint density at radius 3 is 2.94 bits per heavy atom. The second-order valence-electron chi connectivity index (χ2n) is 4.08. The first-order valence-corrected chi connectivity index (χ1v) is 6.31. The van der Waals surface area contributed by atoms with E-state index in [9.17, 15) is 4.79 Å². The van der Waals surface area contributed by atoms with Crippen molar-refractivity contribution in [3.63, 3.8) is 0 Å². The number of hydrogen-bond donors (Lipinski definition) is 2. The normalized spacial score (nSPS) is 19.3. The Kier molecular flexibility index (Phi) is 3.58. The van der Waals surface area contributed by atoms with E-state index in [4.69, 9.17) is 10.5 Å². The van der Waals surface area contributed by atoms with Gasteiger partial charge in [0.15, 0.2) is 0 Å². The van der Waals surface area contributed by atoms with Gasteiger partial charge in [0.2, 0.25) is 5.91 Å². The van der Waals surface area contributed by atoms with Crippen molar-refractivity contribution in [3.8, 4) is 0 Å². The molecule has 0 aromatic carbocycles. The summed E-state index contributed by atoms with van der Waals surface area (Å²) in [5.74, 6) is -0.0676. The average Bonchev–Trinajstić information content (AvgIpc) is 2.79. The molecule has 5 heteroatoms. The Morgan fingerprint density at radius 2 is 2.31 bits per heavy atom. The molecule has 1 amide bonds. The molecule has 2 heterocycles. The summed E-state index contributed by atoms with van der Waals surface area (Å²) in [5.41, 5.74) is 6.43. The second kappa shape index (κ2) is 4.95. The van der Waals surface area contributed by atoms with Crippen molar-refractivity contribution in [2.45, 2.75) is 24.9 Å². The monoisotopic (exact) mass is 240 g/mol. The number of thiophene rings is 1. The summed E-state index contributed by atoms with van der Waals surface area (Å²) in [6.45, 7) is 1.70. The van der Waals surface area contributed by atoms with E-state index in [2.05, 4.69) is 5.32 Å². The summed E-state index contributed by atoms with van der Waals surface area (Å²) in [7, 11) is 0. The Morgan fingerprint density at radius 1 is 1.56 bits per heavy atom. The smallest absolute Gasteiger partial charge is 0.240 e. The van der Waals surface area contributed by atoms with Gasteiger partial charge in [-0.15, -0.1) is 0 Å². The van der Waals surface area contributed by atoms with Gasteiger partial charge in [-0.2, -0.15) is 11.3 Å². The van der Waals surface area contributed by atoms with Crippen molar-refractivity contribution in [1.29, 1.82) is 0 Å². The molecule has 16 heavy (non-hydrogen) atoms. The lowest BCUT2D eigenvalue weighted by molar-refractivity contribution is -0.129. The van der Waals surface area contributed by atoms with Crippen molar-refractivity contribution in [1.82, 2.24) is 5.32 Å². The SMILES string of the molecule is NC1(C(=O)NCc2ccsc2)CCOCC1. The maximum atomic E-state index is 11.9. The molecule has 1 aliphatic rings. The third-order valence-corrected chi connectivity index (χ3v) is 3.60. The van der Waals surface area contributed by atoms with Crippen LogP contribution in [0.2, 0.25) is 0 Å². The Labute approximate surface area is 98.8 Å². The number of carbonyl (C=O) groups is 1. The van der Waals surface area contributed by atoms with Gasteiger partial charge in [0.25, 0.3) is 0 Å². The predicted octanol–water partition coefficient (Wildman–Crippen LogP) is 0.872. The minimum absolute atomic E-state index is 0.0676. The molecule has 1 saturated heterocycles. The number of nitrogens with two attached hydrogens (primary N) is 1. The van der Waals surface area contributed by atoms with E-state index >= 15 is 0 Å². The Balaban J connectivity index is 1.87. The third kappa shape index (κ3) is 2.61. The summed E-state index contributed by atoms with van der Waals surface area (Å²) in [6.07, 6.45) is 1.20. The van der Waals surface area contributed by atoms with Gasteiger partial charge in [0.05, 0.1) is 5.54 Å². The van der Waals surface area contributed by atoms with Crippen LogP contribution in [-0.4, -0.2) is 24.7 Å². The van der Waals surface area contributed by atoms with Crippen LogP contribution >= 0.6 is 11.3 Å². The molecule has 4 nitrogen and oxygen atoms in total. The largest absolute Gasteiger partial charge is 0.381 e. The lowest BCUT2D eigenvalue weighted by Gasteiger charge is -2.31. The zero-order valence-electron chi connectivity index (χ0n) is 9.07. The maximum Gasteiger partial charge on any atom is 0.240 e. The first kappa shape index (κ1) is 11.6. The molecule has 0 spiro atoms. The summed E-state index contributed by atoms with van der Waals surface area (Å²) >= 11 is 1.62. The van der Waals surface area contributed by atoms with Gasteiger partial charge in [-0.25, -0.2) is 0 Å². The van der Waals surface area contributed by atoms with E-state index in [1.54, 1.807) is 11.3 Å². The van der Waals surface area contributed by atoms with Crippen LogP contribution in [-0.2, 0) is 16.1 Å². The summed E-state index contributed by atoms with van der Waals surface area (Å²) in [5, 5.41) is 6.90. The maximum absolute atomic E-state index is 11.9. The van der Waals surface area contributed by atoms with Crippen LogP contribution in [0.4, 0.5) is 0 Å². The molecule has 0 radical (unpaired) electrons. The zero-order chi connectivity index (χ0) is 11.4. The van der Waals surface area contributed by atoms with E-state index in [1.165, 1.54) is 0 Å². The highest BCUT2D eigenvalue weighted by molar-refractivity contribution is 7.07. The van der Waals surface area contributed by atoms with E-state index in [-0.39, 0.29) is 5.91 Å². The number of carbonyl (C=O) groups excluding carboxylic acids is 1. The molecule has 1 fully saturated rings. The van der Waals surface area contributed by atoms with Gasteiger partial charge >= 0.3 is 0 Å². The predicted molar refractivity (Wildman–Crippen MR) is 63.1 cm³/mol.